The summed E-state index contributed by atoms with van der Waals surface area (Å²) in [5.41, 5.74) is 1.93. The summed E-state index contributed by atoms with van der Waals surface area (Å²) in [5, 5.41) is 1.32. The van der Waals surface area contributed by atoms with Gasteiger partial charge in [-0.15, -0.1) is 11.8 Å². The Kier molecular flexibility index (Phi) is 4.36. The van der Waals surface area contributed by atoms with Crippen molar-refractivity contribution in [2.45, 2.75) is 11.5 Å². The first kappa shape index (κ1) is 14.9. The molecule has 4 nitrogen and oxygen atoms in total. The van der Waals surface area contributed by atoms with Gasteiger partial charge in [-0.1, -0.05) is 17.7 Å². The van der Waals surface area contributed by atoms with Crippen LogP contribution in [0.5, 0.6) is 0 Å². The number of carbonyl (C=O) groups is 1. The van der Waals surface area contributed by atoms with Gasteiger partial charge < -0.3 is 9.72 Å². The number of H-pyrrole nitrogens is 1. The van der Waals surface area contributed by atoms with E-state index >= 15 is 0 Å². The van der Waals surface area contributed by atoms with Gasteiger partial charge in [-0.2, -0.15) is 0 Å². The van der Waals surface area contributed by atoms with Crippen molar-refractivity contribution >= 4 is 40.2 Å². The largest absolute Gasteiger partial charge is 0.456 e. The molecule has 0 saturated carbocycles. The number of hydrogen-bond donors (Lipinski definition) is 1. The molecule has 2 heterocycles. The molecular formula is C16H13ClN2O2S. The number of pyridine rings is 1. The van der Waals surface area contributed by atoms with Crippen molar-refractivity contribution in [3.63, 3.8) is 0 Å². The van der Waals surface area contributed by atoms with Crippen LogP contribution >= 0.6 is 23.4 Å². The molecule has 0 saturated heterocycles. The minimum absolute atomic E-state index is 0.0872. The number of esters is 1. The highest BCUT2D eigenvalue weighted by molar-refractivity contribution is 7.98. The molecule has 0 aliphatic rings. The molecule has 0 unspecified atom stereocenters. The second kappa shape index (κ2) is 6.42. The van der Waals surface area contributed by atoms with Gasteiger partial charge in [0.15, 0.2) is 0 Å². The van der Waals surface area contributed by atoms with Gasteiger partial charge >= 0.3 is 5.97 Å². The smallest absolute Gasteiger partial charge is 0.355 e. The summed E-state index contributed by atoms with van der Waals surface area (Å²) >= 11 is 7.84. The molecule has 1 aromatic carbocycles. The minimum atomic E-state index is -0.418. The van der Waals surface area contributed by atoms with Crippen molar-refractivity contribution in [1.82, 2.24) is 9.97 Å². The van der Waals surface area contributed by atoms with Gasteiger partial charge in [-0.05, 0) is 36.6 Å². The van der Waals surface area contributed by atoms with Gasteiger partial charge in [0, 0.05) is 22.0 Å². The van der Waals surface area contributed by atoms with Gasteiger partial charge in [0.25, 0.3) is 0 Å². The van der Waals surface area contributed by atoms with Crippen LogP contribution < -0.4 is 0 Å². The van der Waals surface area contributed by atoms with E-state index in [1.807, 2.05) is 30.5 Å². The number of carbonyl (C=O) groups excluding carboxylic acids is 1. The molecular weight excluding hydrogens is 320 g/mol. The molecule has 0 bridgehead atoms. The number of aromatic nitrogens is 2. The highest BCUT2D eigenvalue weighted by Crippen LogP contribution is 2.25. The summed E-state index contributed by atoms with van der Waals surface area (Å²) < 4.78 is 5.25. The third-order valence-electron chi connectivity index (χ3n) is 3.23. The number of rotatable bonds is 4. The lowest BCUT2D eigenvalue weighted by Gasteiger charge is -2.08. The van der Waals surface area contributed by atoms with E-state index in [0.29, 0.717) is 16.4 Å². The number of halogens is 1. The Morgan fingerprint density at radius 2 is 2.23 bits per heavy atom. The number of nitrogens with zero attached hydrogens (tertiary/aromatic N) is 1. The molecule has 3 rings (SSSR count). The fourth-order valence-corrected chi connectivity index (χ4v) is 2.71. The number of nitrogens with one attached hydrogen (secondary N) is 1. The predicted octanol–water partition coefficient (Wildman–Crippen LogP) is 4.30. The molecule has 0 fully saturated rings. The third-order valence-corrected chi connectivity index (χ3v) is 4.28. The molecule has 0 radical (unpaired) electrons. The Bertz CT molecular complexity index is 818. The summed E-state index contributed by atoms with van der Waals surface area (Å²) in [6, 6.07) is 11.3. The number of thioether (sulfide) groups is 1. The number of benzene rings is 1. The van der Waals surface area contributed by atoms with Crippen molar-refractivity contribution in [1.29, 1.82) is 0 Å². The van der Waals surface area contributed by atoms with Gasteiger partial charge in [-0.25, -0.2) is 9.78 Å². The standard InChI is InChI=1S/C16H13ClN2O2S/c1-22-12-5-4-10-7-11(15(17)19-14(10)8-12)9-21-16(20)13-3-2-6-18-13/h2-8,18H,9H2,1H3. The zero-order valence-corrected chi connectivity index (χ0v) is 13.4. The minimum Gasteiger partial charge on any atom is -0.456 e. The maximum absolute atomic E-state index is 11.8. The summed E-state index contributed by atoms with van der Waals surface area (Å²) in [6.45, 7) is 0.0872. The maximum atomic E-state index is 11.8. The van der Waals surface area contributed by atoms with Crippen LogP contribution in [0.25, 0.3) is 10.9 Å². The molecule has 0 aliphatic heterocycles. The quantitative estimate of drug-likeness (QED) is 0.440. The zero-order chi connectivity index (χ0) is 15.5. The van der Waals surface area contributed by atoms with Crippen molar-refractivity contribution in [2.75, 3.05) is 6.26 Å². The van der Waals surface area contributed by atoms with Crippen LogP contribution in [0.1, 0.15) is 16.1 Å². The van der Waals surface area contributed by atoms with Crippen LogP contribution in [0.15, 0.2) is 47.5 Å². The lowest BCUT2D eigenvalue weighted by atomic mass is 10.2. The van der Waals surface area contributed by atoms with Gasteiger partial charge in [0.1, 0.15) is 17.5 Å². The average molecular weight is 333 g/mol. The Labute approximate surface area is 136 Å². The average Bonchev–Trinajstić information content (AvgIpc) is 3.06. The lowest BCUT2D eigenvalue weighted by molar-refractivity contribution is 0.0466. The lowest BCUT2D eigenvalue weighted by Crippen LogP contribution is -2.06. The summed E-state index contributed by atoms with van der Waals surface area (Å²) in [5.74, 6) is -0.418. The predicted molar refractivity (Wildman–Crippen MR) is 88.4 cm³/mol. The van der Waals surface area contributed by atoms with Crippen LogP contribution in [0, 0.1) is 0 Å². The van der Waals surface area contributed by atoms with E-state index < -0.39 is 5.97 Å². The molecule has 0 spiro atoms. The fourth-order valence-electron chi connectivity index (χ4n) is 2.07. The molecule has 3 aromatic rings. The van der Waals surface area contributed by atoms with E-state index in [0.717, 1.165) is 15.8 Å². The first-order valence-corrected chi connectivity index (χ1v) is 8.21. The topological polar surface area (TPSA) is 55.0 Å². The van der Waals surface area contributed by atoms with E-state index in [-0.39, 0.29) is 6.61 Å². The molecule has 2 aromatic heterocycles. The highest BCUT2D eigenvalue weighted by atomic mass is 35.5. The molecule has 0 amide bonds. The number of hydrogen-bond acceptors (Lipinski definition) is 4. The van der Waals surface area contributed by atoms with Crippen molar-refractivity contribution in [2.24, 2.45) is 0 Å². The number of aromatic amines is 1. The van der Waals surface area contributed by atoms with Crippen molar-refractivity contribution < 1.29 is 9.53 Å². The third kappa shape index (κ3) is 3.10. The second-order valence-electron chi connectivity index (χ2n) is 4.66. The van der Waals surface area contributed by atoms with E-state index in [2.05, 4.69) is 9.97 Å². The number of ether oxygens (including phenoxy) is 1. The molecule has 6 heteroatoms. The molecule has 0 atom stereocenters. The van der Waals surface area contributed by atoms with Gasteiger partial charge in [0.2, 0.25) is 0 Å². The first-order valence-electron chi connectivity index (χ1n) is 6.61. The maximum Gasteiger partial charge on any atom is 0.355 e. The highest BCUT2D eigenvalue weighted by Gasteiger charge is 2.11. The van der Waals surface area contributed by atoms with Crippen LogP contribution in [-0.4, -0.2) is 22.2 Å². The number of fused-ring (bicyclic) bond motifs is 1. The monoisotopic (exact) mass is 332 g/mol. The Hall–Kier alpha value is -1.98. The molecule has 22 heavy (non-hydrogen) atoms. The van der Waals surface area contributed by atoms with E-state index in [1.165, 1.54) is 0 Å². The Morgan fingerprint density at radius 3 is 2.95 bits per heavy atom. The Morgan fingerprint density at radius 1 is 1.36 bits per heavy atom. The van der Waals surface area contributed by atoms with Gasteiger partial charge in [-0.3, -0.25) is 0 Å². The SMILES string of the molecule is CSc1ccc2cc(COC(=O)c3ccc[nH]3)c(Cl)nc2c1. The van der Waals surface area contributed by atoms with E-state index in [1.54, 1.807) is 30.1 Å². The van der Waals surface area contributed by atoms with Crippen molar-refractivity contribution in [3.8, 4) is 0 Å². The first-order chi connectivity index (χ1) is 10.7. The second-order valence-corrected chi connectivity index (χ2v) is 5.89. The van der Waals surface area contributed by atoms with E-state index in [9.17, 15) is 4.79 Å². The van der Waals surface area contributed by atoms with E-state index in [4.69, 9.17) is 16.3 Å². The van der Waals surface area contributed by atoms with Crippen LogP contribution in [0.3, 0.4) is 0 Å². The van der Waals surface area contributed by atoms with Crippen LogP contribution in [0.2, 0.25) is 5.15 Å². The Balaban J connectivity index is 1.82. The molecule has 112 valence electrons. The van der Waals surface area contributed by atoms with Crippen LogP contribution in [-0.2, 0) is 11.3 Å². The molecule has 0 aliphatic carbocycles. The summed E-state index contributed by atoms with van der Waals surface area (Å²) in [7, 11) is 0. The summed E-state index contributed by atoms with van der Waals surface area (Å²) in [4.78, 5) is 20.1. The normalized spacial score (nSPS) is 10.8. The fraction of sp³-hybridized carbons (Fsp3) is 0.125. The van der Waals surface area contributed by atoms with Crippen molar-refractivity contribution in [3.05, 3.63) is 59.0 Å². The van der Waals surface area contributed by atoms with Crippen LogP contribution in [0.4, 0.5) is 0 Å². The zero-order valence-electron chi connectivity index (χ0n) is 11.8. The van der Waals surface area contributed by atoms with Gasteiger partial charge in [0.05, 0.1) is 5.52 Å². The summed E-state index contributed by atoms with van der Waals surface area (Å²) in [6.07, 6.45) is 3.68. The molecule has 1 N–H and O–H groups in total.